The summed E-state index contributed by atoms with van der Waals surface area (Å²) in [5.41, 5.74) is 1.74. The highest BCUT2D eigenvalue weighted by atomic mass is 79.9. The zero-order valence-electron chi connectivity index (χ0n) is 10.7. The quantitative estimate of drug-likeness (QED) is 0.864. The second-order valence-electron chi connectivity index (χ2n) is 5.01. The van der Waals surface area contributed by atoms with E-state index in [2.05, 4.69) is 20.9 Å². The summed E-state index contributed by atoms with van der Waals surface area (Å²) in [6.45, 7) is 3.30. The average molecular weight is 348 g/mol. The maximum absolute atomic E-state index is 11.8. The summed E-state index contributed by atoms with van der Waals surface area (Å²) in [4.78, 5) is 13.2. The molecule has 0 saturated heterocycles. The van der Waals surface area contributed by atoms with E-state index < -0.39 is 25.2 Å². The number of sulfone groups is 1. The molecule has 0 bridgehead atoms. The molecule has 7 heteroatoms. The number of benzene rings is 1. The van der Waals surface area contributed by atoms with Gasteiger partial charge in [-0.25, -0.2) is 13.2 Å². The molecule has 0 amide bonds. The molecule has 0 saturated carbocycles. The van der Waals surface area contributed by atoms with E-state index >= 15 is 0 Å². The highest BCUT2D eigenvalue weighted by Gasteiger charge is 2.38. The lowest BCUT2D eigenvalue weighted by atomic mass is 10.0. The third-order valence-corrected chi connectivity index (χ3v) is 7.43. The Morgan fingerprint density at radius 3 is 2.58 bits per heavy atom. The minimum atomic E-state index is -3.24. The summed E-state index contributed by atoms with van der Waals surface area (Å²) < 4.78 is 27.7. The third kappa shape index (κ3) is 2.49. The lowest BCUT2D eigenvalue weighted by molar-refractivity contribution is 0.545. The molecule has 0 aliphatic heterocycles. The Hall–Kier alpha value is -1.08. The van der Waals surface area contributed by atoms with E-state index in [4.69, 9.17) is 4.42 Å². The number of halogens is 1. The molecule has 0 spiro atoms. The Labute approximate surface area is 119 Å². The molecule has 2 aromatic rings. The molecule has 0 aliphatic rings. The molecule has 0 fully saturated rings. The lowest BCUT2D eigenvalue weighted by Crippen LogP contribution is -2.35. The van der Waals surface area contributed by atoms with Gasteiger partial charge in [0.2, 0.25) is 0 Å². The summed E-state index contributed by atoms with van der Waals surface area (Å²) in [6.07, 6.45) is 1.20. The van der Waals surface area contributed by atoms with Crippen LogP contribution in [0.25, 0.3) is 11.1 Å². The fourth-order valence-electron chi connectivity index (χ4n) is 1.71. The molecule has 0 aliphatic carbocycles. The van der Waals surface area contributed by atoms with Crippen LogP contribution in [-0.4, -0.2) is 24.4 Å². The third-order valence-electron chi connectivity index (χ3n) is 3.30. The van der Waals surface area contributed by atoms with Crippen LogP contribution in [0.3, 0.4) is 0 Å². The number of aromatic nitrogens is 1. The number of H-pyrrole nitrogens is 1. The first-order valence-electron chi connectivity index (χ1n) is 5.59. The average Bonchev–Trinajstić information content (AvgIpc) is 2.65. The smallest absolute Gasteiger partial charge is 0.408 e. The van der Waals surface area contributed by atoms with Gasteiger partial charge in [0.15, 0.2) is 15.4 Å². The predicted molar refractivity (Wildman–Crippen MR) is 77.4 cm³/mol. The molecule has 1 heterocycles. The van der Waals surface area contributed by atoms with Crippen molar-refractivity contribution in [3.63, 3.8) is 0 Å². The van der Waals surface area contributed by atoms with E-state index in [1.54, 1.807) is 32.0 Å². The van der Waals surface area contributed by atoms with Crippen molar-refractivity contribution in [1.82, 2.24) is 4.98 Å². The molecule has 19 heavy (non-hydrogen) atoms. The van der Waals surface area contributed by atoms with Crippen LogP contribution >= 0.6 is 15.9 Å². The first kappa shape index (κ1) is 14.3. The summed E-state index contributed by atoms with van der Waals surface area (Å²) >= 11 is 3.43. The topological polar surface area (TPSA) is 80.1 Å². The normalized spacial score (nSPS) is 14.7. The lowest BCUT2D eigenvalue weighted by Gasteiger charge is -2.28. The Balaban J connectivity index is 2.52. The molecule has 0 radical (unpaired) electrons. The molecule has 1 atom stereocenters. The van der Waals surface area contributed by atoms with Crippen molar-refractivity contribution < 1.29 is 12.8 Å². The molecule has 1 N–H and O–H groups in total. The van der Waals surface area contributed by atoms with Gasteiger partial charge in [-0.2, -0.15) is 0 Å². The van der Waals surface area contributed by atoms with E-state index in [-0.39, 0.29) is 0 Å². The standard InChI is InChI=1S/C12H14BrNO4S/c1-12(2,19(3,16)17)10(13)7-4-5-8-9(6-7)18-11(15)14-8/h4-6,10H,1-3H3,(H,14,15). The first-order chi connectivity index (χ1) is 8.63. The van der Waals surface area contributed by atoms with E-state index in [9.17, 15) is 13.2 Å². The maximum atomic E-state index is 11.8. The van der Waals surface area contributed by atoms with E-state index in [0.29, 0.717) is 11.1 Å². The highest BCUT2D eigenvalue weighted by Crippen LogP contribution is 2.39. The number of fused-ring (bicyclic) bond motifs is 1. The largest absolute Gasteiger partial charge is 0.417 e. The van der Waals surface area contributed by atoms with E-state index in [1.165, 1.54) is 6.26 Å². The fourth-order valence-corrected chi connectivity index (χ4v) is 3.52. The summed E-state index contributed by atoms with van der Waals surface area (Å²) in [6, 6.07) is 5.13. The van der Waals surface area contributed by atoms with Crippen LogP contribution in [0.15, 0.2) is 27.4 Å². The fraction of sp³-hybridized carbons (Fsp3) is 0.417. The zero-order valence-corrected chi connectivity index (χ0v) is 13.1. The number of hydrogen-bond donors (Lipinski definition) is 1. The van der Waals surface area contributed by atoms with Gasteiger partial charge in [-0.15, -0.1) is 0 Å². The molecule has 1 aromatic heterocycles. The van der Waals surface area contributed by atoms with Crippen molar-refractivity contribution in [1.29, 1.82) is 0 Å². The molecular formula is C12H14BrNO4S. The number of hydrogen-bond acceptors (Lipinski definition) is 4. The SMILES string of the molecule is CC(C)(C(Br)c1ccc2[nH]c(=O)oc2c1)S(C)(=O)=O. The van der Waals surface area contributed by atoms with Crippen molar-refractivity contribution in [2.45, 2.75) is 23.4 Å². The van der Waals surface area contributed by atoms with Crippen molar-refractivity contribution in [3.8, 4) is 0 Å². The van der Waals surface area contributed by atoms with Crippen molar-refractivity contribution in [2.24, 2.45) is 0 Å². The van der Waals surface area contributed by atoms with Crippen LogP contribution in [-0.2, 0) is 9.84 Å². The molecule has 104 valence electrons. The summed E-state index contributed by atoms with van der Waals surface area (Å²) in [5, 5.41) is 0. The van der Waals surface area contributed by atoms with Crippen molar-refractivity contribution in [2.75, 3.05) is 6.26 Å². The second-order valence-corrected chi connectivity index (χ2v) is 8.52. The highest BCUT2D eigenvalue weighted by molar-refractivity contribution is 9.09. The van der Waals surface area contributed by atoms with Crippen LogP contribution in [0.4, 0.5) is 0 Å². The van der Waals surface area contributed by atoms with Gasteiger partial charge in [0.1, 0.15) is 0 Å². The summed E-state index contributed by atoms with van der Waals surface area (Å²) in [7, 11) is -3.24. The number of oxazole rings is 1. The maximum Gasteiger partial charge on any atom is 0.417 e. The Morgan fingerprint density at radius 2 is 2.00 bits per heavy atom. The Bertz CT molecular complexity index is 772. The van der Waals surface area contributed by atoms with Crippen molar-refractivity contribution in [3.05, 3.63) is 34.3 Å². The van der Waals surface area contributed by atoms with Gasteiger partial charge in [-0.1, -0.05) is 22.0 Å². The van der Waals surface area contributed by atoms with E-state index in [0.717, 1.165) is 5.56 Å². The Morgan fingerprint density at radius 1 is 1.37 bits per heavy atom. The van der Waals surface area contributed by atoms with Gasteiger partial charge in [0.05, 0.1) is 15.1 Å². The first-order valence-corrected chi connectivity index (χ1v) is 8.40. The predicted octanol–water partition coefficient (Wildman–Crippen LogP) is 2.38. The van der Waals surface area contributed by atoms with Crippen LogP contribution in [0, 0.1) is 0 Å². The minimum Gasteiger partial charge on any atom is -0.408 e. The minimum absolute atomic E-state index is 0.403. The van der Waals surface area contributed by atoms with Gasteiger partial charge in [0, 0.05) is 6.26 Å². The van der Waals surface area contributed by atoms with Gasteiger partial charge in [0.25, 0.3) is 0 Å². The van der Waals surface area contributed by atoms with Gasteiger partial charge < -0.3 is 4.42 Å². The molecule has 5 nitrogen and oxygen atoms in total. The monoisotopic (exact) mass is 347 g/mol. The molecule has 1 unspecified atom stereocenters. The van der Waals surface area contributed by atoms with Crippen LogP contribution in [0.1, 0.15) is 24.2 Å². The van der Waals surface area contributed by atoms with E-state index in [1.807, 2.05) is 0 Å². The molecule has 1 aromatic carbocycles. The molecular weight excluding hydrogens is 334 g/mol. The number of aromatic amines is 1. The summed E-state index contributed by atoms with van der Waals surface area (Å²) in [5.74, 6) is -0.527. The second kappa shape index (κ2) is 4.49. The van der Waals surface area contributed by atoms with Gasteiger partial charge >= 0.3 is 5.76 Å². The van der Waals surface area contributed by atoms with Crippen molar-refractivity contribution >= 4 is 36.9 Å². The van der Waals surface area contributed by atoms with Crippen LogP contribution in [0.2, 0.25) is 0 Å². The van der Waals surface area contributed by atoms with Crippen LogP contribution < -0.4 is 5.76 Å². The Kier molecular flexibility index (Phi) is 3.38. The van der Waals surface area contributed by atoms with Gasteiger partial charge in [-0.3, -0.25) is 4.98 Å². The number of nitrogens with one attached hydrogen (secondary N) is 1. The number of alkyl halides is 1. The molecule has 2 rings (SSSR count). The number of rotatable bonds is 3. The van der Waals surface area contributed by atoms with Gasteiger partial charge in [-0.05, 0) is 31.5 Å². The zero-order chi connectivity index (χ0) is 14.4. The van der Waals surface area contributed by atoms with Crippen LogP contribution in [0.5, 0.6) is 0 Å².